The minimum absolute atomic E-state index is 0.573. The fraction of sp³-hybridized carbons (Fsp3) is 0.625. The van der Waals surface area contributed by atoms with Gasteiger partial charge in [0, 0.05) is 13.1 Å². The van der Waals surface area contributed by atoms with E-state index in [0.29, 0.717) is 6.54 Å². The van der Waals surface area contributed by atoms with Crippen molar-refractivity contribution >= 4 is 0 Å². The molecule has 0 aliphatic carbocycles. The van der Waals surface area contributed by atoms with E-state index in [0.717, 1.165) is 19.5 Å². The van der Waals surface area contributed by atoms with Crippen LogP contribution in [-0.4, -0.2) is 24.5 Å². The van der Waals surface area contributed by atoms with E-state index in [2.05, 4.69) is 24.0 Å². The van der Waals surface area contributed by atoms with Crippen LogP contribution in [0.1, 0.15) is 13.3 Å². The third-order valence-corrected chi connectivity index (χ3v) is 1.81. The Bertz CT molecular complexity index is 176. The van der Waals surface area contributed by atoms with Crippen molar-refractivity contribution < 1.29 is 0 Å². The Kier molecular flexibility index (Phi) is 2.47. The fourth-order valence-electron chi connectivity index (χ4n) is 1.06. The molecule has 0 unspecified atom stereocenters. The van der Waals surface area contributed by atoms with Gasteiger partial charge in [0.2, 0.25) is 0 Å². The summed E-state index contributed by atoms with van der Waals surface area (Å²) in [6, 6.07) is 2.15. The van der Waals surface area contributed by atoms with Gasteiger partial charge in [-0.05, 0) is 13.3 Å². The molecule has 10 heavy (non-hydrogen) atoms. The third-order valence-electron chi connectivity index (χ3n) is 1.81. The highest BCUT2D eigenvalue weighted by Gasteiger charge is 2.06. The molecular weight excluding hydrogens is 124 g/mol. The number of hydrogen-bond donors (Lipinski definition) is 0. The van der Waals surface area contributed by atoms with Gasteiger partial charge in [-0.3, -0.25) is 4.90 Å². The molecule has 0 aromatic heterocycles. The van der Waals surface area contributed by atoms with Gasteiger partial charge in [0.05, 0.1) is 12.6 Å². The lowest BCUT2D eigenvalue weighted by atomic mass is 10.1. The Balaban J connectivity index is 2.36. The summed E-state index contributed by atoms with van der Waals surface area (Å²) >= 11 is 0. The lowest BCUT2D eigenvalue weighted by Gasteiger charge is -2.21. The smallest absolute Gasteiger partial charge is 0.0868 e. The molecule has 2 heteroatoms. The first kappa shape index (κ1) is 7.30. The molecule has 54 valence electrons. The van der Waals surface area contributed by atoms with Crippen LogP contribution in [0.25, 0.3) is 0 Å². The molecule has 0 radical (unpaired) electrons. The van der Waals surface area contributed by atoms with E-state index >= 15 is 0 Å². The van der Waals surface area contributed by atoms with Gasteiger partial charge in [-0.1, -0.05) is 11.6 Å². The van der Waals surface area contributed by atoms with E-state index in [9.17, 15) is 0 Å². The topological polar surface area (TPSA) is 27.0 Å². The summed E-state index contributed by atoms with van der Waals surface area (Å²) < 4.78 is 0. The van der Waals surface area contributed by atoms with Crippen LogP contribution in [0, 0.1) is 11.3 Å². The van der Waals surface area contributed by atoms with E-state index < -0.39 is 0 Å². The van der Waals surface area contributed by atoms with Crippen LogP contribution in [-0.2, 0) is 0 Å². The fourth-order valence-corrected chi connectivity index (χ4v) is 1.06. The van der Waals surface area contributed by atoms with Crippen molar-refractivity contribution in [2.75, 3.05) is 19.6 Å². The zero-order chi connectivity index (χ0) is 7.40. The number of hydrogen-bond acceptors (Lipinski definition) is 2. The van der Waals surface area contributed by atoms with Gasteiger partial charge in [0.15, 0.2) is 0 Å². The van der Waals surface area contributed by atoms with Crippen molar-refractivity contribution in [1.29, 1.82) is 5.26 Å². The number of rotatable bonds is 1. The maximum Gasteiger partial charge on any atom is 0.0868 e. The first-order valence-corrected chi connectivity index (χ1v) is 3.58. The molecule has 0 aromatic rings. The van der Waals surface area contributed by atoms with Crippen LogP contribution >= 0.6 is 0 Å². The highest BCUT2D eigenvalue weighted by molar-refractivity contribution is 5.04. The monoisotopic (exact) mass is 136 g/mol. The molecule has 1 aliphatic rings. The van der Waals surface area contributed by atoms with Crippen molar-refractivity contribution in [2.24, 2.45) is 0 Å². The summed E-state index contributed by atoms with van der Waals surface area (Å²) in [5.74, 6) is 0. The van der Waals surface area contributed by atoms with Gasteiger partial charge < -0.3 is 0 Å². The van der Waals surface area contributed by atoms with Gasteiger partial charge in [0.1, 0.15) is 0 Å². The maximum atomic E-state index is 8.37. The van der Waals surface area contributed by atoms with Crippen LogP contribution < -0.4 is 0 Å². The zero-order valence-electron chi connectivity index (χ0n) is 6.30. The molecule has 0 saturated heterocycles. The zero-order valence-corrected chi connectivity index (χ0v) is 6.30. The van der Waals surface area contributed by atoms with Crippen molar-refractivity contribution in [3.63, 3.8) is 0 Å². The first-order valence-electron chi connectivity index (χ1n) is 3.58. The predicted octanol–water partition coefficient (Wildman–Crippen LogP) is 1.16. The molecule has 0 saturated carbocycles. The van der Waals surface area contributed by atoms with E-state index in [1.807, 2.05) is 0 Å². The van der Waals surface area contributed by atoms with Gasteiger partial charge in [-0.2, -0.15) is 5.26 Å². The minimum atomic E-state index is 0.573. The van der Waals surface area contributed by atoms with Crippen LogP contribution in [0.5, 0.6) is 0 Å². The van der Waals surface area contributed by atoms with Gasteiger partial charge in [0.25, 0.3) is 0 Å². The van der Waals surface area contributed by atoms with Crippen LogP contribution in [0.15, 0.2) is 11.6 Å². The first-order chi connectivity index (χ1) is 4.83. The molecule has 1 aliphatic heterocycles. The van der Waals surface area contributed by atoms with Crippen molar-refractivity contribution in [3.05, 3.63) is 11.6 Å². The Morgan fingerprint density at radius 3 is 3.10 bits per heavy atom. The SMILES string of the molecule is CC1=CCN(CC#N)CC1. The molecule has 0 N–H and O–H groups in total. The largest absolute Gasteiger partial charge is 0.287 e. The summed E-state index contributed by atoms with van der Waals surface area (Å²) in [5.41, 5.74) is 1.45. The quantitative estimate of drug-likeness (QED) is 0.399. The Morgan fingerprint density at radius 1 is 1.80 bits per heavy atom. The van der Waals surface area contributed by atoms with Crippen molar-refractivity contribution in [2.45, 2.75) is 13.3 Å². The average Bonchev–Trinajstić information content (AvgIpc) is 1.95. The normalized spacial score (nSPS) is 19.8. The minimum Gasteiger partial charge on any atom is -0.287 e. The molecule has 2 nitrogen and oxygen atoms in total. The summed E-state index contributed by atoms with van der Waals surface area (Å²) in [6.07, 6.45) is 3.32. The second kappa shape index (κ2) is 3.38. The Hall–Kier alpha value is -0.810. The molecular formula is C8H12N2. The second-order valence-corrected chi connectivity index (χ2v) is 2.69. The van der Waals surface area contributed by atoms with Gasteiger partial charge in [-0.25, -0.2) is 0 Å². The summed E-state index contributed by atoms with van der Waals surface area (Å²) in [4.78, 5) is 2.15. The molecule has 1 rings (SSSR count). The lowest BCUT2D eigenvalue weighted by molar-refractivity contribution is 0.329. The molecule has 0 amide bonds. The molecule has 0 spiro atoms. The Labute approximate surface area is 61.8 Å². The summed E-state index contributed by atoms with van der Waals surface area (Å²) in [6.45, 7) is 4.72. The van der Waals surface area contributed by atoms with Crippen LogP contribution in [0.3, 0.4) is 0 Å². The van der Waals surface area contributed by atoms with E-state index in [-0.39, 0.29) is 0 Å². The molecule has 0 bridgehead atoms. The molecule has 0 fully saturated rings. The van der Waals surface area contributed by atoms with E-state index in [1.54, 1.807) is 0 Å². The third kappa shape index (κ3) is 1.85. The predicted molar refractivity (Wildman–Crippen MR) is 40.4 cm³/mol. The van der Waals surface area contributed by atoms with Crippen molar-refractivity contribution in [1.82, 2.24) is 4.90 Å². The summed E-state index contributed by atoms with van der Waals surface area (Å²) in [7, 11) is 0. The second-order valence-electron chi connectivity index (χ2n) is 2.69. The highest BCUT2D eigenvalue weighted by Crippen LogP contribution is 2.07. The lowest BCUT2D eigenvalue weighted by Crippen LogP contribution is -2.28. The van der Waals surface area contributed by atoms with E-state index in [1.165, 1.54) is 5.57 Å². The van der Waals surface area contributed by atoms with E-state index in [4.69, 9.17) is 5.26 Å². The van der Waals surface area contributed by atoms with Crippen LogP contribution in [0.2, 0.25) is 0 Å². The van der Waals surface area contributed by atoms with Gasteiger partial charge in [-0.15, -0.1) is 0 Å². The molecule has 0 aromatic carbocycles. The highest BCUT2D eigenvalue weighted by atomic mass is 15.1. The standard InChI is InChI=1S/C8H12N2/c1-8-2-5-10(6-3-8)7-4-9/h2H,3,5-7H2,1H3. The number of nitrogens with zero attached hydrogens (tertiary/aromatic N) is 2. The molecule has 1 heterocycles. The van der Waals surface area contributed by atoms with Crippen LogP contribution in [0.4, 0.5) is 0 Å². The average molecular weight is 136 g/mol. The summed E-state index contributed by atoms with van der Waals surface area (Å²) in [5, 5.41) is 8.37. The van der Waals surface area contributed by atoms with Gasteiger partial charge >= 0.3 is 0 Å². The maximum absolute atomic E-state index is 8.37. The Morgan fingerprint density at radius 2 is 2.60 bits per heavy atom. The number of nitriles is 1. The van der Waals surface area contributed by atoms with Crippen molar-refractivity contribution in [3.8, 4) is 6.07 Å². The molecule has 0 atom stereocenters.